The highest BCUT2D eigenvalue weighted by Gasteiger charge is 2.30. The van der Waals surface area contributed by atoms with Crippen LogP contribution in [0, 0.1) is 6.92 Å². The maximum Gasteiger partial charge on any atom is 0.267 e. The first-order chi connectivity index (χ1) is 11.0. The van der Waals surface area contributed by atoms with E-state index >= 15 is 0 Å². The van der Waals surface area contributed by atoms with Gasteiger partial charge in [0.2, 0.25) is 5.88 Å². The zero-order chi connectivity index (χ0) is 16.4. The van der Waals surface area contributed by atoms with Crippen LogP contribution in [0.2, 0.25) is 0 Å². The van der Waals surface area contributed by atoms with Crippen molar-refractivity contribution in [2.45, 2.75) is 19.4 Å². The van der Waals surface area contributed by atoms with E-state index < -0.39 is 0 Å². The Morgan fingerprint density at radius 1 is 1.43 bits per heavy atom. The Labute approximate surface area is 138 Å². The quantitative estimate of drug-likeness (QED) is 0.824. The minimum atomic E-state index is -0.0770. The fourth-order valence-electron chi connectivity index (χ4n) is 2.36. The summed E-state index contributed by atoms with van der Waals surface area (Å²) in [5.74, 6) is 1.18. The second-order valence-corrected chi connectivity index (χ2v) is 6.33. The summed E-state index contributed by atoms with van der Waals surface area (Å²) in [6, 6.07) is 0. The number of ether oxygens (including phenoxy) is 1. The second kappa shape index (κ2) is 6.45. The maximum atomic E-state index is 12.4. The molecule has 0 radical (unpaired) electrons. The topological polar surface area (TPSA) is 84.3 Å². The lowest BCUT2D eigenvalue weighted by molar-refractivity contribution is 0.0775. The van der Waals surface area contributed by atoms with Crippen molar-refractivity contribution in [1.29, 1.82) is 0 Å². The summed E-state index contributed by atoms with van der Waals surface area (Å²) in [6.07, 6.45) is 3.96. The lowest BCUT2D eigenvalue weighted by Gasteiger charge is -2.17. The van der Waals surface area contributed by atoms with Crippen molar-refractivity contribution in [2.75, 3.05) is 32.1 Å². The highest BCUT2D eigenvalue weighted by atomic mass is 32.1. The molecule has 1 fully saturated rings. The largest absolute Gasteiger partial charge is 0.471 e. The van der Waals surface area contributed by atoms with Gasteiger partial charge in [-0.1, -0.05) is 4.49 Å². The van der Waals surface area contributed by atoms with E-state index in [9.17, 15) is 4.79 Å². The van der Waals surface area contributed by atoms with Gasteiger partial charge in [-0.25, -0.2) is 0 Å². The van der Waals surface area contributed by atoms with Crippen LogP contribution in [-0.4, -0.2) is 63.7 Å². The van der Waals surface area contributed by atoms with Crippen LogP contribution in [0.3, 0.4) is 0 Å². The first-order valence-corrected chi connectivity index (χ1v) is 8.06. The third-order valence-corrected chi connectivity index (χ3v) is 4.44. The molecule has 0 N–H and O–H groups in total. The molecule has 1 saturated heterocycles. The molecular formula is C14H18N6O2S. The van der Waals surface area contributed by atoms with E-state index in [1.807, 2.05) is 19.0 Å². The van der Waals surface area contributed by atoms with Crippen molar-refractivity contribution in [3.8, 4) is 5.88 Å². The fourth-order valence-corrected chi connectivity index (χ4v) is 2.99. The second-order valence-electron chi connectivity index (χ2n) is 5.58. The molecule has 1 amide bonds. The summed E-state index contributed by atoms with van der Waals surface area (Å²) in [5, 5.41) is 3.89. The Bertz CT molecular complexity index is 704. The Morgan fingerprint density at radius 2 is 2.26 bits per heavy atom. The lowest BCUT2D eigenvalue weighted by atomic mass is 10.3. The first-order valence-electron chi connectivity index (χ1n) is 7.29. The van der Waals surface area contributed by atoms with E-state index in [0.717, 1.165) is 23.8 Å². The average Bonchev–Trinajstić information content (AvgIpc) is 3.16. The molecule has 1 aliphatic heterocycles. The number of aromatic nitrogens is 4. The van der Waals surface area contributed by atoms with Crippen molar-refractivity contribution in [1.82, 2.24) is 24.5 Å². The highest BCUT2D eigenvalue weighted by Crippen LogP contribution is 2.21. The van der Waals surface area contributed by atoms with E-state index in [-0.39, 0.29) is 12.0 Å². The van der Waals surface area contributed by atoms with Crippen molar-refractivity contribution in [3.63, 3.8) is 0 Å². The third kappa shape index (κ3) is 3.39. The monoisotopic (exact) mass is 334 g/mol. The molecule has 3 rings (SSSR count). The number of anilines is 1. The number of nitrogens with zero attached hydrogens (tertiary/aromatic N) is 6. The van der Waals surface area contributed by atoms with Crippen LogP contribution in [0.25, 0.3) is 0 Å². The van der Waals surface area contributed by atoms with Crippen molar-refractivity contribution < 1.29 is 9.53 Å². The molecule has 8 nitrogen and oxygen atoms in total. The normalized spacial score (nSPS) is 17.3. The average molecular weight is 334 g/mol. The summed E-state index contributed by atoms with van der Waals surface area (Å²) in [4.78, 5) is 25.2. The van der Waals surface area contributed by atoms with Gasteiger partial charge < -0.3 is 14.5 Å². The number of aryl methyl sites for hydroxylation is 1. The summed E-state index contributed by atoms with van der Waals surface area (Å²) < 4.78 is 9.69. The van der Waals surface area contributed by atoms with Gasteiger partial charge in [0.05, 0.1) is 24.6 Å². The lowest BCUT2D eigenvalue weighted by Crippen LogP contribution is -2.31. The SMILES string of the molecule is Cc1nnsc1C(=O)N1CC[C@@H](Oc2cncc(N(C)C)n2)C1. The summed E-state index contributed by atoms with van der Waals surface area (Å²) >= 11 is 1.13. The molecule has 23 heavy (non-hydrogen) atoms. The number of hydrogen-bond acceptors (Lipinski definition) is 8. The number of carbonyl (C=O) groups is 1. The smallest absolute Gasteiger partial charge is 0.267 e. The molecule has 0 bridgehead atoms. The number of likely N-dealkylation sites (tertiary alicyclic amines) is 1. The Balaban J connectivity index is 1.63. The fraction of sp³-hybridized carbons (Fsp3) is 0.500. The molecule has 3 heterocycles. The summed E-state index contributed by atoms with van der Waals surface area (Å²) in [5.41, 5.74) is 0.675. The third-order valence-electron chi connectivity index (χ3n) is 3.62. The van der Waals surface area contributed by atoms with Gasteiger partial charge in [0, 0.05) is 27.1 Å². The van der Waals surface area contributed by atoms with Gasteiger partial charge in [-0.15, -0.1) is 5.10 Å². The molecule has 2 aromatic heterocycles. The molecule has 9 heteroatoms. The Hall–Kier alpha value is -2.29. The van der Waals surface area contributed by atoms with Crippen LogP contribution >= 0.6 is 11.5 Å². The minimum absolute atomic E-state index is 0.0308. The Morgan fingerprint density at radius 3 is 2.96 bits per heavy atom. The molecule has 1 atom stereocenters. The predicted molar refractivity (Wildman–Crippen MR) is 85.9 cm³/mol. The molecular weight excluding hydrogens is 316 g/mol. The number of amides is 1. The van der Waals surface area contributed by atoms with Crippen LogP contribution < -0.4 is 9.64 Å². The standard InChI is InChI=1S/C14H18N6O2S/c1-9-13(23-18-17-9)14(21)20-5-4-10(8-20)22-12-7-15-6-11(16-12)19(2)3/h6-7,10H,4-5,8H2,1-3H3/t10-/m1/s1. The van der Waals surface area contributed by atoms with Gasteiger partial charge in [0.1, 0.15) is 11.0 Å². The molecule has 1 aliphatic rings. The van der Waals surface area contributed by atoms with Crippen molar-refractivity contribution in [2.24, 2.45) is 0 Å². The van der Waals surface area contributed by atoms with Crippen LogP contribution in [0.15, 0.2) is 12.4 Å². The molecule has 0 spiro atoms. The van der Waals surface area contributed by atoms with Crippen LogP contribution in [0.4, 0.5) is 5.82 Å². The summed E-state index contributed by atoms with van der Waals surface area (Å²) in [7, 11) is 3.80. The molecule has 122 valence electrons. The van der Waals surface area contributed by atoms with Crippen LogP contribution in [0.1, 0.15) is 21.8 Å². The molecule has 2 aromatic rings. The molecule has 0 aromatic carbocycles. The first kappa shape index (κ1) is 15.6. The van der Waals surface area contributed by atoms with Crippen LogP contribution in [0.5, 0.6) is 5.88 Å². The van der Waals surface area contributed by atoms with Crippen molar-refractivity contribution in [3.05, 3.63) is 23.0 Å². The number of hydrogen-bond donors (Lipinski definition) is 0. The maximum absolute atomic E-state index is 12.4. The van der Waals surface area contributed by atoms with E-state index in [2.05, 4.69) is 19.6 Å². The number of rotatable bonds is 4. The highest BCUT2D eigenvalue weighted by molar-refractivity contribution is 7.07. The van der Waals surface area contributed by atoms with Gasteiger partial charge in [-0.05, 0) is 18.5 Å². The van der Waals surface area contributed by atoms with Crippen molar-refractivity contribution >= 4 is 23.3 Å². The molecule has 0 saturated carbocycles. The van der Waals surface area contributed by atoms with Gasteiger partial charge in [-0.3, -0.25) is 9.78 Å². The molecule has 0 unspecified atom stereocenters. The molecule has 0 aliphatic carbocycles. The van der Waals surface area contributed by atoms with Gasteiger partial charge in [0.15, 0.2) is 5.82 Å². The van der Waals surface area contributed by atoms with Crippen LogP contribution in [-0.2, 0) is 0 Å². The van der Waals surface area contributed by atoms with E-state index in [0.29, 0.717) is 29.5 Å². The zero-order valence-electron chi connectivity index (χ0n) is 13.3. The number of carbonyl (C=O) groups excluding carboxylic acids is 1. The predicted octanol–water partition coefficient (Wildman–Crippen LogP) is 0.996. The van der Waals surface area contributed by atoms with Gasteiger partial charge in [0.25, 0.3) is 5.91 Å². The van der Waals surface area contributed by atoms with E-state index in [1.54, 1.807) is 24.2 Å². The Kier molecular flexibility index (Phi) is 4.37. The zero-order valence-corrected chi connectivity index (χ0v) is 14.1. The minimum Gasteiger partial charge on any atom is -0.471 e. The summed E-state index contributed by atoms with van der Waals surface area (Å²) in [6.45, 7) is 2.98. The van der Waals surface area contributed by atoms with Gasteiger partial charge >= 0.3 is 0 Å². The van der Waals surface area contributed by atoms with Gasteiger partial charge in [-0.2, -0.15) is 4.98 Å². The van der Waals surface area contributed by atoms with E-state index in [1.165, 1.54) is 0 Å². The van der Waals surface area contributed by atoms with E-state index in [4.69, 9.17) is 4.74 Å².